The van der Waals surface area contributed by atoms with Crippen molar-refractivity contribution in [2.45, 2.75) is 32.5 Å². The van der Waals surface area contributed by atoms with Crippen LogP contribution in [0.1, 0.15) is 30.9 Å². The molecule has 1 rings (SSSR count). The number of benzene rings is 1. The molecule has 0 radical (unpaired) electrons. The van der Waals surface area contributed by atoms with Crippen molar-refractivity contribution in [3.8, 4) is 6.07 Å². The Morgan fingerprint density at radius 3 is 2.40 bits per heavy atom. The number of nitrogens with one attached hydrogen (secondary N) is 1. The van der Waals surface area contributed by atoms with Crippen LogP contribution in [-0.4, -0.2) is 5.91 Å². The molecule has 0 aliphatic heterocycles. The summed E-state index contributed by atoms with van der Waals surface area (Å²) >= 11 is 0. The fraction of sp³-hybridized carbons (Fsp3) is 0.429. The van der Waals surface area contributed by atoms with Crippen molar-refractivity contribution >= 4 is 5.91 Å². The molecule has 0 aromatic heterocycles. The lowest BCUT2D eigenvalue weighted by Gasteiger charge is -2.10. The molecule has 1 N–H and O–H groups in total. The molecule has 1 aromatic carbocycles. The molecule has 6 heteroatoms. The first-order chi connectivity index (χ1) is 9.38. The standard InChI is InChI=1S/C14H15F3N2O/c1-2-3-11(8-18)13(20)19-9-10-4-6-12(7-5-10)14(15,16)17/h4-7,11H,2-3,9H2,1H3,(H,19,20). The second-order valence-electron chi connectivity index (χ2n) is 4.38. The third-order valence-electron chi connectivity index (χ3n) is 2.80. The molecule has 0 heterocycles. The maximum atomic E-state index is 12.4. The predicted molar refractivity (Wildman–Crippen MR) is 67.3 cm³/mol. The summed E-state index contributed by atoms with van der Waals surface area (Å²) in [7, 11) is 0. The molecule has 1 aromatic rings. The van der Waals surface area contributed by atoms with Crippen LogP contribution >= 0.6 is 0 Å². The molecule has 1 atom stereocenters. The molecule has 0 aliphatic rings. The van der Waals surface area contributed by atoms with E-state index in [1.54, 1.807) is 0 Å². The highest BCUT2D eigenvalue weighted by molar-refractivity contribution is 5.80. The van der Waals surface area contributed by atoms with Crippen LogP contribution in [0.15, 0.2) is 24.3 Å². The summed E-state index contributed by atoms with van der Waals surface area (Å²) in [4.78, 5) is 11.7. The lowest BCUT2D eigenvalue weighted by Crippen LogP contribution is -2.29. The molecule has 0 saturated carbocycles. The van der Waals surface area contributed by atoms with Crippen LogP contribution < -0.4 is 5.32 Å². The van der Waals surface area contributed by atoms with Crippen LogP contribution in [0.25, 0.3) is 0 Å². The number of hydrogen-bond acceptors (Lipinski definition) is 2. The predicted octanol–water partition coefficient (Wildman–Crippen LogP) is 3.26. The van der Waals surface area contributed by atoms with E-state index in [2.05, 4.69) is 5.32 Å². The topological polar surface area (TPSA) is 52.9 Å². The number of nitriles is 1. The minimum absolute atomic E-state index is 0.110. The number of halogens is 3. The maximum Gasteiger partial charge on any atom is 0.416 e. The Bertz CT molecular complexity index is 489. The minimum atomic E-state index is -4.37. The lowest BCUT2D eigenvalue weighted by molar-refractivity contribution is -0.137. The van der Waals surface area contributed by atoms with Crippen molar-refractivity contribution in [3.63, 3.8) is 0 Å². The van der Waals surface area contributed by atoms with Gasteiger partial charge in [0.1, 0.15) is 5.92 Å². The van der Waals surface area contributed by atoms with E-state index in [0.29, 0.717) is 18.4 Å². The summed E-state index contributed by atoms with van der Waals surface area (Å²) < 4.78 is 37.1. The highest BCUT2D eigenvalue weighted by Gasteiger charge is 2.29. The molecule has 108 valence electrons. The number of carbonyl (C=O) groups is 1. The summed E-state index contributed by atoms with van der Waals surface area (Å²) in [6.07, 6.45) is -3.18. The van der Waals surface area contributed by atoms with Crippen LogP contribution in [0, 0.1) is 17.2 Å². The molecule has 0 saturated heterocycles. The van der Waals surface area contributed by atoms with Crippen LogP contribution in [0.4, 0.5) is 13.2 Å². The second kappa shape index (κ2) is 6.94. The summed E-state index contributed by atoms with van der Waals surface area (Å²) in [5.74, 6) is -1.11. The third-order valence-corrected chi connectivity index (χ3v) is 2.80. The average molecular weight is 284 g/mol. The first-order valence-electron chi connectivity index (χ1n) is 6.22. The monoisotopic (exact) mass is 284 g/mol. The second-order valence-corrected chi connectivity index (χ2v) is 4.38. The number of amides is 1. The van der Waals surface area contributed by atoms with E-state index in [-0.39, 0.29) is 6.54 Å². The normalized spacial score (nSPS) is 12.6. The molecule has 0 spiro atoms. The van der Waals surface area contributed by atoms with Gasteiger partial charge in [-0.3, -0.25) is 4.79 Å². The van der Waals surface area contributed by atoms with Crippen LogP contribution in [0.5, 0.6) is 0 Å². The molecule has 0 bridgehead atoms. The largest absolute Gasteiger partial charge is 0.416 e. The van der Waals surface area contributed by atoms with Crippen molar-refractivity contribution in [3.05, 3.63) is 35.4 Å². The zero-order valence-corrected chi connectivity index (χ0v) is 11.0. The Labute approximate surface area is 115 Å². The van der Waals surface area contributed by atoms with Gasteiger partial charge in [0.15, 0.2) is 0 Å². The molecular formula is C14H15F3N2O. The molecular weight excluding hydrogens is 269 g/mol. The van der Waals surface area contributed by atoms with Gasteiger partial charge in [0, 0.05) is 6.54 Å². The summed E-state index contributed by atoms with van der Waals surface area (Å²) in [6.45, 7) is 1.98. The molecule has 0 fully saturated rings. The molecule has 1 amide bonds. The van der Waals surface area contributed by atoms with Gasteiger partial charge < -0.3 is 5.32 Å². The number of alkyl halides is 3. The summed E-state index contributed by atoms with van der Waals surface area (Å²) in [5, 5.41) is 11.4. The Morgan fingerprint density at radius 2 is 1.95 bits per heavy atom. The third kappa shape index (κ3) is 4.57. The van der Waals surface area contributed by atoms with Gasteiger partial charge in [-0.1, -0.05) is 25.5 Å². The number of hydrogen-bond donors (Lipinski definition) is 1. The Morgan fingerprint density at radius 1 is 1.35 bits per heavy atom. The van der Waals surface area contributed by atoms with Gasteiger partial charge in [-0.15, -0.1) is 0 Å². The maximum absolute atomic E-state index is 12.4. The Balaban J connectivity index is 2.58. The van der Waals surface area contributed by atoms with E-state index in [4.69, 9.17) is 5.26 Å². The number of carbonyl (C=O) groups excluding carboxylic acids is 1. The fourth-order valence-corrected chi connectivity index (χ4v) is 1.67. The zero-order valence-electron chi connectivity index (χ0n) is 11.0. The van der Waals surface area contributed by atoms with Crippen molar-refractivity contribution < 1.29 is 18.0 Å². The highest BCUT2D eigenvalue weighted by Crippen LogP contribution is 2.29. The number of rotatable bonds is 5. The van der Waals surface area contributed by atoms with Gasteiger partial charge >= 0.3 is 6.18 Å². The molecule has 1 unspecified atom stereocenters. The van der Waals surface area contributed by atoms with E-state index in [0.717, 1.165) is 12.1 Å². The van der Waals surface area contributed by atoms with Crippen LogP contribution in [0.3, 0.4) is 0 Å². The first-order valence-corrected chi connectivity index (χ1v) is 6.22. The van der Waals surface area contributed by atoms with Crippen molar-refractivity contribution in [2.75, 3.05) is 0 Å². The highest BCUT2D eigenvalue weighted by atomic mass is 19.4. The van der Waals surface area contributed by atoms with Crippen molar-refractivity contribution in [1.82, 2.24) is 5.32 Å². The lowest BCUT2D eigenvalue weighted by atomic mass is 10.0. The van der Waals surface area contributed by atoms with E-state index in [1.807, 2.05) is 13.0 Å². The van der Waals surface area contributed by atoms with E-state index in [1.165, 1.54) is 12.1 Å². The quantitative estimate of drug-likeness (QED) is 0.902. The summed E-state index contributed by atoms with van der Waals surface area (Å²) in [5.41, 5.74) is -0.173. The van der Waals surface area contributed by atoms with Crippen molar-refractivity contribution in [2.24, 2.45) is 5.92 Å². The van der Waals surface area contributed by atoms with Crippen LogP contribution in [0.2, 0.25) is 0 Å². The van der Waals surface area contributed by atoms with Crippen LogP contribution in [-0.2, 0) is 17.5 Å². The van der Waals surface area contributed by atoms with Gasteiger partial charge in [0.05, 0.1) is 11.6 Å². The van der Waals surface area contributed by atoms with Gasteiger partial charge in [-0.05, 0) is 24.1 Å². The van der Waals surface area contributed by atoms with E-state index < -0.39 is 23.6 Å². The average Bonchev–Trinajstić information content (AvgIpc) is 2.41. The van der Waals surface area contributed by atoms with E-state index in [9.17, 15) is 18.0 Å². The van der Waals surface area contributed by atoms with Gasteiger partial charge in [0.2, 0.25) is 5.91 Å². The fourth-order valence-electron chi connectivity index (χ4n) is 1.67. The minimum Gasteiger partial charge on any atom is -0.351 e. The summed E-state index contributed by atoms with van der Waals surface area (Å²) in [6, 6.07) is 6.46. The number of nitrogens with zero attached hydrogens (tertiary/aromatic N) is 1. The molecule has 0 aliphatic carbocycles. The molecule has 3 nitrogen and oxygen atoms in total. The smallest absolute Gasteiger partial charge is 0.351 e. The SMILES string of the molecule is CCCC(C#N)C(=O)NCc1ccc(C(F)(F)F)cc1. The first kappa shape index (κ1) is 16.0. The van der Waals surface area contributed by atoms with Gasteiger partial charge in [0.25, 0.3) is 0 Å². The zero-order chi connectivity index (χ0) is 15.2. The molecule has 20 heavy (non-hydrogen) atoms. The Hall–Kier alpha value is -2.03. The Kier molecular flexibility index (Phi) is 5.56. The van der Waals surface area contributed by atoms with E-state index >= 15 is 0 Å². The van der Waals surface area contributed by atoms with Gasteiger partial charge in [-0.25, -0.2) is 0 Å². The van der Waals surface area contributed by atoms with Crippen molar-refractivity contribution in [1.29, 1.82) is 5.26 Å². The van der Waals surface area contributed by atoms with Gasteiger partial charge in [-0.2, -0.15) is 18.4 Å².